The standard InChI is InChI=1S/C16H17NO5/c1-10-4-5-11(2)17(10)13-6-7-14(15(19)8-13)16(20)22-9-21-12(3)18/h4-8,19H,9H2,1-3H3. The second-order valence-corrected chi connectivity index (χ2v) is 4.84. The monoisotopic (exact) mass is 303 g/mol. The van der Waals surface area contributed by atoms with Crippen LogP contribution in [0.5, 0.6) is 5.75 Å². The summed E-state index contributed by atoms with van der Waals surface area (Å²) >= 11 is 0. The highest BCUT2D eigenvalue weighted by Gasteiger charge is 2.15. The molecule has 0 fully saturated rings. The summed E-state index contributed by atoms with van der Waals surface area (Å²) in [5, 5.41) is 10.0. The number of carbonyl (C=O) groups excluding carboxylic acids is 2. The van der Waals surface area contributed by atoms with Gasteiger partial charge in [0.1, 0.15) is 11.3 Å². The van der Waals surface area contributed by atoms with E-state index in [1.165, 1.54) is 19.1 Å². The zero-order valence-corrected chi connectivity index (χ0v) is 12.6. The SMILES string of the molecule is CC(=O)OCOC(=O)c1ccc(-n2c(C)ccc2C)cc1O. The molecule has 0 spiro atoms. The van der Waals surface area contributed by atoms with Gasteiger partial charge >= 0.3 is 11.9 Å². The third kappa shape index (κ3) is 3.28. The van der Waals surface area contributed by atoms with Gasteiger partial charge in [0.2, 0.25) is 6.79 Å². The topological polar surface area (TPSA) is 77.8 Å². The molecular weight excluding hydrogens is 286 g/mol. The Morgan fingerprint density at radius 1 is 1.09 bits per heavy atom. The van der Waals surface area contributed by atoms with E-state index in [4.69, 9.17) is 4.74 Å². The average Bonchev–Trinajstić information content (AvgIpc) is 2.77. The molecule has 6 nitrogen and oxygen atoms in total. The summed E-state index contributed by atoms with van der Waals surface area (Å²) in [6.07, 6.45) is 0. The lowest BCUT2D eigenvalue weighted by atomic mass is 10.1. The smallest absolute Gasteiger partial charge is 0.344 e. The fraction of sp³-hybridized carbons (Fsp3) is 0.250. The molecule has 1 N–H and O–H groups in total. The Balaban J connectivity index is 2.20. The van der Waals surface area contributed by atoms with E-state index in [-0.39, 0.29) is 11.3 Å². The van der Waals surface area contributed by atoms with Gasteiger partial charge < -0.3 is 19.1 Å². The van der Waals surface area contributed by atoms with Crippen LogP contribution >= 0.6 is 0 Å². The highest BCUT2D eigenvalue weighted by atomic mass is 16.7. The van der Waals surface area contributed by atoms with Gasteiger partial charge in [-0.05, 0) is 38.1 Å². The summed E-state index contributed by atoms with van der Waals surface area (Å²) in [5.74, 6) is -1.50. The Labute approximate surface area is 127 Å². The van der Waals surface area contributed by atoms with Crippen LogP contribution < -0.4 is 0 Å². The number of benzene rings is 1. The number of nitrogens with zero attached hydrogens (tertiary/aromatic N) is 1. The van der Waals surface area contributed by atoms with Gasteiger partial charge in [-0.25, -0.2) is 4.79 Å². The fourth-order valence-electron chi connectivity index (χ4n) is 2.15. The molecule has 1 aromatic heterocycles. The van der Waals surface area contributed by atoms with E-state index in [1.807, 2.05) is 30.5 Å². The number of esters is 2. The van der Waals surface area contributed by atoms with Crippen molar-refractivity contribution in [2.75, 3.05) is 6.79 Å². The minimum Gasteiger partial charge on any atom is -0.507 e. The van der Waals surface area contributed by atoms with Crippen LogP contribution in [0.3, 0.4) is 0 Å². The van der Waals surface area contributed by atoms with Crippen LogP contribution in [0, 0.1) is 13.8 Å². The molecule has 0 saturated heterocycles. The van der Waals surface area contributed by atoms with Gasteiger partial charge in [-0.3, -0.25) is 4.79 Å². The lowest BCUT2D eigenvalue weighted by Gasteiger charge is -2.12. The largest absolute Gasteiger partial charge is 0.507 e. The lowest BCUT2D eigenvalue weighted by Crippen LogP contribution is -2.11. The average molecular weight is 303 g/mol. The molecule has 0 bridgehead atoms. The second-order valence-electron chi connectivity index (χ2n) is 4.84. The van der Waals surface area contributed by atoms with Gasteiger partial charge in [-0.1, -0.05) is 0 Å². The number of hydrogen-bond donors (Lipinski definition) is 1. The van der Waals surface area contributed by atoms with Gasteiger partial charge in [0, 0.05) is 30.1 Å². The van der Waals surface area contributed by atoms with Gasteiger partial charge in [0.25, 0.3) is 0 Å². The summed E-state index contributed by atoms with van der Waals surface area (Å²) in [6.45, 7) is 4.63. The highest BCUT2D eigenvalue weighted by molar-refractivity contribution is 5.92. The maximum atomic E-state index is 11.8. The molecule has 0 aliphatic carbocycles. The molecule has 22 heavy (non-hydrogen) atoms. The van der Waals surface area contributed by atoms with Crippen LogP contribution in [0.1, 0.15) is 28.7 Å². The predicted molar refractivity (Wildman–Crippen MR) is 79.0 cm³/mol. The summed E-state index contributed by atoms with van der Waals surface area (Å²) in [5.41, 5.74) is 2.79. The maximum absolute atomic E-state index is 11.8. The van der Waals surface area contributed by atoms with Crippen molar-refractivity contribution >= 4 is 11.9 Å². The summed E-state index contributed by atoms with van der Waals surface area (Å²) in [7, 11) is 0. The van der Waals surface area contributed by atoms with Crippen molar-refractivity contribution in [2.24, 2.45) is 0 Å². The normalized spacial score (nSPS) is 10.3. The molecule has 0 aliphatic rings. The van der Waals surface area contributed by atoms with Crippen molar-refractivity contribution in [1.29, 1.82) is 0 Å². The zero-order chi connectivity index (χ0) is 16.3. The van der Waals surface area contributed by atoms with Crippen LogP contribution in [-0.2, 0) is 14.3 Å². The van der Waals surface area contributed by atoms with Crippen LogP contribution in [0.15, 0.2) is 30.3 Å². The molecule has 2 aromatic rings. The molecule has 0 radical (unpaired) electrons. The quantitative estimate of drug-likeness (QED) is 0.693. The first kappa shape index (κ1) is 15.6. The molecule has 0 unspecified atom stereocenters. The molecule has 0 amide bonds. The maximum Gasteiger partial charge on any atom is 0.344 e. The number of hydrogen-bond acceptors (Lipinski definition) is 5. The first-order valence-corrected chi connectivity index (χ1v) is 6.69. The van der Waals surface area contributed by atoms with Crippen LogP contribution in [0.25, 0.3) is 5.69 Å². The van der Waals surface area contributed by atoms with Crippen molar-refractivity contribution in [2.45, 2.75) is 20.8 Å². The molecular formula is C16H17NO5. The number of rotatable bonds is 4. The van der Waals surface area contributed by atoms with Crippen molar-refractivity contribution < 1.29 is 24.2 Å². The Kier molecular flexibility index (Phi) is 4.50. The van der Waals surface area contributed by atoms with Crippen LogP contribution in [-0.4, -0.2) is 28.4 Å². The number of carbonyl (C=O) groups is 2. The van der Waals surface area contributed by atoms with Crippen molar-refractivity contribution in [3.8, 4) is 11.4 Å². The molecule has 0 aliphatic heterocycles. The molecule has 1 aromatic carbocycles. The number of aromatic hydroxyl groups is 1. The van der Waals surface area contributed by atoms with E-state index in [0.29, 0.717) is 0 Å². The highest BCUT2D eigenvalue weighted by Crippen LogP contribution is 2.24. The van der Waals surface area contributed by atoms with E-state index >= 15 is 0 Å². The van der Waals surface area contributed by atoms with Crippen molar-refractivity contribution in [3.05, 3.63) is 47.3 Å². The molecule has 0 atom stereocenters. The van der Waals surface area contributed by atoms with E-state index < -0.39 is 18.7 Å². The number of aromatic nitrogens is 1. The van der Waals surface area contributed by atoms with Gasteiger partial charge in [-0.2, -0.15) is 0 Å². The third-order valence-corrected chi connectivity index (χ3v) is 3.18. The van der Waals surface area contributed by atoms with Crippen LogP contribution in [0.2, 0.25) is 0 Å². The number of aryl methyl sites for hydroxylation is 2. The Hall–Kier alpha value is -2.76. The van der Waals surface area contributed by atoms with Crippen molar-refractivity contribution in [3.63, 3.8) is 0 Å². The van der Waals surface area contributed by atoms with E-state index in [1.54, 1.807) is 6.07 Å². The van der Waals surface area contributed by atoms with E-state index in [2.05, 4.69) is 4.74 Å². The summed E-state index contributed by atoms with van der Waals surface area (Å²) < 4.78 is 11.2. The predicted octanol–water partition coefficient (Wildman–Crippen LogP) is 2.48. The number of phenols is 1. The Morgan fingerprint density at radius 3 is 2.27 bits per heavy atom. The second kappa shape index (κ2) is 6.34. The summed E-state index contributed by atoms with van der Waals surface area (Å²) in [4.78, 5) is 22.4. The number of ether oxygens (including phenoxy) is 2. The molecule has 0 saturated carbocycles. The molecule has 1 heterocycles. The third-order valence-electron chi connectivity index (χ3n) is 3.18. The van der Waals surface area contributed by atoms with Crippen molar-refractivity contribution in [1.82, 2.24) is 4.57 Å². The van der Waals surface area contributed by atoms with E-state index in [0.717, 1.165) is 17.1 Å². The minimum atomic E-state index is -0.758. The first-order valence-electron chi connectivity index (χ1n) is 6.69. The zero-order valence-electron chi connectivity index (χ0n) is 12.6. The minimum absolute atomic E-state index is 0.0124. The van der Waals surface area contributed by atoms with E-state index in [9.17, 15) is 14.7 Å². The van der Waals surface area contributed by atoms with Gasteiger partial charge in [0.05, 0.1) is 0 Å². The fourth-order valence-corrected chi connectivity index (χ4v) is 2.15. The number of phenolic OH excluding ortho intramolecular Hbond substituents is 1. The molecule has 2 rings (SSSR count). The van der Waals surface area contributed by atoms with Gasteiger partial charge in [0.15, 0.2) is 0 Å². The van der Waals surface area contributed by atoms with Gasteiger partial charge in [-0.15, -0.1) is 0 Å². The molecule has 6 heteroatoms. The molecule has 116 valence electrons. The Bertz CT molecular complexity index is 698. The first-order chi connectivity index (χ1) is 10.4. The summed E-state index contributed by atoms with van der Waals surface area (Å²) in [6, 6.07) is 8.60. The Morgan fingerprint density at radius 2 is 1.73 bits per heavy atom. The lowest BCUT2D eigenvalue weighted by molar-refractivity contribution is -0.149. The van der Waals surface area contributed by atoms with Crippen LogP contribution in [0.4, 0.5) is 0 Å².